The summed E-state index contributed by atoms with van der Waals surface area (Å²) in [5, 5.41) is 13.0. The maximum Gasteiger partial charge on any atom is 0.156 e. The van der Waals surface area contributed by atoms with Gasteiger partial charge in [0, 0.05) is 0 Å². The lowest BCUT2D eigenvalue weighted by atomic mass is 9.77. The number of rotatable bonds is 4. The fourth-order valence-electron chi connectivity index (χ4n) is 2.47. The van der Waals surface area contributed by atoms with Crippen LogP contribution in [0.15, 0.2) is 6.33 Å². The second-order valence-corrected chi connectivity index (χ2v) is 5.65. The topological polar surface area (TPSA) is 75.1 Å². The van der Waals surface area contributed by atoms with Gasteiger partial charge in [0.15, 0.2) is 6.29 Å². The minimum atomic E-state index is -0.415. The molecule has 0 amide bonds. The number of carbonyl (C=O) groups excluding carboxylic acids is 1. The Hall–Kier alpha value is -1.20. The highest BCUT2D eigenvalue weighted by Crippen LogP contribution is 2.34. The number of aldehydes is 1. The fraction of sp³-hybridized carbons (Fsp3) is 0.615. The lowest BCUT2D eigenvalue weighted by Gasteiger charge is -2.39. The Bertz CT molecular complexity index is 459. The molecule has 1 aromatic rings. The highest BCUT2D eigenvalue weighted by molar-refractivity contribution is 6.32. The van der Waals surface area contributed by atoms with E-state index in [0.29, 0.717) is 18.0 Å². The summed E-state index contributed by atoms with van der Waals surface area (Å²) in [7, 11) is 0. The zero-order valence-electron chi connectivity index (χ0n) is 10.9. The average Bonchev–Trinajstić information content (AvgIpc) is 2.42. The number of hydrogen-bond acceptors (Lipinski definition) is 5. The van der Waals surface area contributed by atoms with Crippen LogP contribution in [0.1, 0.15) is 43.0 Å². The van der Waals surface area contributed by atoms with Crippen LogP contribution in [-0.4, -0.2) is 33.5 Å². The van der Waals surface area contributed by atoms with Crippen molar-refractivity contribution in [3.8, 4) is 0 Å². The minimum absolute atomic E-state index is 0.0135. The first-order valence-electron chi connectivity index (χ1n) is 6.45. The molecule has 5 nitrogen and oxygen atoms in total. The monoisotopic (exact) mass is 283 g/mol. The summed E-state index contributed by atoms with van der Waals surface area (Å²) in [4.78, 5) is 18.9. The molecule has 2 N–H and O–H groups in total. The van der Waals surface area contributed by atoms with Crippen LogP contribution in [0.25, 0.3) is 0 Å². The normalized spacial score (nSPS) is 27.0. The zero-order valence-corrected chi connectivity index (χ0v) is 11.7. The Morgan fingerprint density at radius 1 is 1.53 bits per heavy atom. The van der Waals surface area contributed by atoms with Gasteiger partial charge in [0.05, 0.1) is 17.7 Å². The van der Waals surface area contributed by atoms with Gasteiger partial charge in [0.25, 0.3) is 0 Å². The molecule has 0 atom stereocenters. The molecule has 1 heterocycles. The van der Waals surface area contributed by atoms with Crippen molar-refractivity contribution >= 4 is 23.7 Å². The minimum Gasteiger partial charge on any atom is -0.394 e. The molecule has 0 bridgehead atoms. The Morgan fingerprint density at radius 3 is 2.79 bits per heavy atom. The summed E-state index contributed by atoms with van der Waals surface area (Å²) in [6.07, 6.45) is 5.75. The van der Waals surface area contributed by atoms with E-state index >= 15 is 0 Å². The van der Waals surface area contributed by atoms with Crippen LogP contribution < -0.4 is 5.32 Å². The Balaban J connectivity index is 2.23. The zero-order chi connectivity index (χ0) is 13.9. The van der Waals surface area contributed by atoms with Gasteiger partial charge in [-0.3, -0.25) is 4.79 Å². The molecule has 0 saturated heterocycles. The van der Waals surface area contributed by atoms with Gasteiger partial charge in [0.1, 0.15) is 17.3 Å². The third-order valence-corrected chi connectivity index (χ3v) is 4.17. The molecule has 0 aliphatic heterocycles. The van der Waals surface area contributed by atoms with Gasteiger partial charge in [-0.05, 0) is 31.6 Å². The molecule has 1 saturated carbocycles. The molecule has 2 rings (SSSR count). The van der Waals surface area contributed by atoms with E-state index in [1.165, 1.54) is 6.33 Å². The number of anilines is 1. The summed E-state index contributed by atoms with van der Waals surface area (Å²) in [6.45, 7) is 2.22. The van der Waals surface area contributed by atoms with Gasteiger partial charge in [0.2, 0.25) is 0 Å². The number of hydrogen-bond donors (Lipinski definition) is 2. The standard InChI is InChI=1S/C13H18ClN3O2/c1-9-2-4-13(7-19,5-3-9)17-12-10(6-18)11(14)15-8-16-12/h6,8-9,19H,2-5,7H2,1H3,(H,15,16,17). The number of aromatic nitrogens is 2. The van der Waals surface area contributed by atoms with Crippen molar-refractivity contribution in [2.45, 2.75) is 38.1 Å². The van der Waals surface area contributed by atoms with Crippen LogP contribution in [0.3, 0.4) is 0 Å². The third-order valence-electron chi connectivity index (χ3n) is 3.87. The molecule has 19 heavy (non-hydrogen) atoms. The molecule has 1 aliphatic rings. The van der Waals surface area contributed by atoms with E-state index in [-0.39, 0.29) is 17.3 Å². The molecule has 104 valence electrons. The Labute approximate surface area is 117 Å². The molecule has 1 aliphatic carbocycles. The Kier molecular flexibility index (Phi) is 4.37. The van der Waals surface area contributed by atoms with E-state index in [1.807, 2.05) is 0 Å². The van der Waals surface area contributed by atoms with Gasteiger partial charge in [-0.15, -0.1) is 0 Å². The van der Waals surface area contributed by atoms with Gasteiger partial charge in [-0.1, -0.05) is 18.5 Å². The summed E-state index contributed by atoms with van der Waals surface area (Å²) < 4.78 is 0. The molecule has 1 aromatic heterocycles. The van der Waals surface area contributed by atoms with Crippen molar-refractivity contribution in [3.05, 3.63) is 17.0 Å². The first-order chi connectivity index (χ1) is 9.10. The van der Waals surface area contributed by atoms with Crippen molar-refractivity contribution in [1.82, 2.24) is 9.97 Å². The fourth-order valence-corrected chi connectivity index (χ4v) is 2.64. The Morgan fingerprint density at radius 2 is 2.21 bits per heavy atom. The van der Waals surface area contributed by atoms with Crippen LogP contribution in [0.4, 0.5) is 5.82 Å². The summed E-state index contributed by atoms with van der Waals surface area (Å²) >= 11 is 5.87. The SMILES string of the molecule is CC1CCC(CO)(Nc2ncnc(Cl)c2C=O)CC1. The highest BCUT2D eigenvalue weighted by Gasteiger charge is 2.34. The largest absolute Gasteiger partial charge is 0.394 e. The maximum atomic E-state index is 11.1. The van der Waals surface area contributed by atoms with Crippen molar-refractivity contribution < 1.29 is 9.90 Å². The molecule has 0 unspecified atom stereocenters. The second kappa shape index (κ2) is 5.84. The van der Waals surface area contributed by atoms with Crippen LogP contribution in [0.2, 0.25) is 5.15 Å². The molecule has 6 heteroatoms. The lowest BCUT2D eigenvalue weighted by molar-refractivity contribution is 0.112. The number of carbonyl (C=O) groups is 1. The molecular weight excluding hydrogens is 266 g/mol. The van der Waals surface area contributed by atoms with E-state index in [0.717, 1.165) is 25.7 Å². The predicted molar refractivity (Wildman–Crippen MR) is 73.5 cm³/mol. The van der Waals surface area contributed by atoms with E-state index in [2.05, 4.69) is 22.2 Å². The molecule has 1 fully saturated rings. The molecule has 0 spiro atoms. The van der Waals surface area contributed by atoms with Crippen molar-refractivity contribution in [2.75, 3.05) is 11.9 Å². The van der Waals surface area contributed by atoms with Crippen LogP contribution in [0, 0.1) is 5.92 Å². The quantitative estimate of drug-likeness (QED) is 0.655. The van der Waals surface area contributed by atoms with E-state index in [1.54, 1.807) is 0 Å². The molecule has 0 radical (unpaired) electrons. The summed E-state index contributed by atoms with van der Waals surface area (Å²) in [5.41, 5.74) is -0.169. The first-order valence-corrected chi connectivity index (χ1v) is 6.83. The molecular formula is C13H18ClN3O2. The van der Waals surface area contributed by atoms with Crippen LogP contribution >= 0.6 is 11.6 Å². The van der Waals surface area contributed by atoms with Crippen LogP contribution in [-0.2, 0) is 0 Å². The number of nitrogens with zero attached hydrogens (tertiary/aromatic N) is 2. The number of aliphatic hydroxyl groups excluding tert-OH is 1. The number of halogens is 1. The summed E-state index contributed by atoms with van der Waals surface area (Å²) in [5.74, 6) is 1.07. The van der Waals surface area contributed by atoms with Gasteiger partial charge >= 0.3 is 0 Å². The predicted octanol–water partition coefficient (Wildman–Crippen LogP) is 2.30. The van der Waals surface area contributed by atoms with Crippen molar-refractivity contribution in [3.63, 3.8) is 0 Å². The number of nitrogens with one attached hydrogen (secondary N) is 1. The third kappa shape index (κ3) is 3.04. The van der Waals surface area contributed by atoms with Gasteiger partial charge < -0.3 is 10.4 Å². The highest BCUT2D eigenvalue weighted by atomic mass is 35.5. The first kappa shape index (κ1) is 14.2. The van der Waals surface area contributed by atoms with Crippen LogP contribution in [0.5, 0.6) is 0 Å². The maximum absolute atomic E-state index is 11.1. The average molecular weight is 284 g/mol. The summed E-state index contributed by atoms with van der Waals surface area (Å²) in [6, 6.07) is 0. The van der Waals surface area contributed by atoms with Gasteiger partial charge in [-0.25, -0.2) is 9.97 Å². The van der Waals surface area contributed by atoms with Gasteiger partial charge in [-0.2, -0.15) is 0 Å². The van der Waals surface area contributed by atoms with E-state index in [9.17, 15) is 9.90 Å². The van der Waals surface area contributed by atoms with E-state index in [4.69, 9.17) is 11.6 Å². The van der Waals surface area contributed by atoms with Crippen molar-refractivity contribution in [2.24, 2.45) is 5.92 Å². The lowest BCUT2D eigenvalue weighted by Crippen LogP contribution is -2.45. The number of aliphatic hydroxyl groups is 1. The smallest absolute Gasteiger partial charge is 0.156 e. The second-order valence-electron chi connectivity index (χ2n) is 5.29. The van der Waals surface area contributed by atoms with E-state index < -0.39 is 5.54 Å². The molecule has 0 aromatic carbocycles. The van der Waals surface area contributed by atoms with Crippen molar-refractivity contribution in [1.29, 1.82) is 0 Å².